The molecular weight excluding hydrogens is 260 g/mol. The standard InChI is InChI=1S/C18H20N2O/c1-13-4-2-3-5-15(13)11-18(21)20-17-7-6-14-8-9-19-12-16(14)10-17/h2-7,10,19H,8-9,11-12H2,1H3,(H,20,21). The summed E-state index contributed by atoms with van der Waals surface area (Å²) in [6.07, 6.45) is 1.48. The van der Waals surface area contributed by atoms with Crippen molar-refractivity contribution in [2.24, 2.45) is 0 Å². The molecule has 0 spiro atoms. The third kappa shape index (κ3) is 3.31. The number of hydrogen-bond acceptors (Lipinski definition) is 2. The SMILES string of the molecule is Cc1ccccc1CC(=O)Nc1ccc2c(c1)CNCC2. The molecule has 3 rings (SSSR count). The predicted octanol–water partition coefficient (Wildman–Crippen LogP) is 2.82. The van der Waals surface area contributed by atoms with E-state index >= 15 is 0 Å². The molecule has 0 radical (unpaired) electrons. The van der Waals surface area contributed by atoms with Crippen molar-refractivity contribution in [2.75, 3.05) is 11.9 Å². The van der Waals surface area contributed by atoms with E-state index in [0.717, 1.165) is 36.3 Å². The van der Waals surface area contributed by atoms with E-state index in [1.54, 1.807) is 0 Å². The van der Waals surface area contributed by atoms with Crippen molar-refractivity contribution in [3.8, 4) is 0 Å². The van der Waals surface area contributed by atoms with Gasteiger partial charge in [-0.3, -0.25) is 4.79 Å². The highest BCUT2D eigenvalue weighted by Gasteiger charge is 2.11. The third-order valence-corrected chi connectivity index (χ3v) is 3.99. The van der Waals surface area contributed by atoms with Crippen molar-refractivity contribution in [2.45, 2.75) is 26.3 Å². The van der Waals surface area contributed by atoms with Crippen molar-refractivity contribution in [3.63, 3.8) is 0 Å². The van der Waals surface area contributed by atoms with Gasteiger partial charge >= 0.3 is 0 Å². The van der Waals surface area contributed by atoms with E-state index in [1.165, 1.54) is 11.1 Å². The first-order valence-electron chi connectivity index (χ1n) is 7.39. The van der Waals surface area contributed by atoms with Crippen molar-refractivity contribution in [3.05, 3.63) is 64.7 Å². The lowest BCUT2D eigenvalue weighted by Gasteiger charge is -2.18. The molecule has 2 aromatic carbocycles. The minimum Gasteiger partial charge on any atom is -0.326 e. The molecule has 2 N–H and O–H groups in total. The van der Waals surface area contributed by atoms with Crippen molar-refractivity contribution in [1.82, 2.24) is 5.32 Å². The molecule has 108 valence electrons. The number of nitrogens with one attached hydrogen (secondary N) is 2. The fourth-order valence-corrected chi connectivity index (χ4v) is 2.74. The molecule has 2 aromatic rings. The second-order valence-corrected chi connectivity index (χ2v) is 5.56. The number of aryl methyl sites for hydroxylation is 1. The highest BCUT2D eigenvalue weighted by molar-refractivity contribution is 5.92. The first-order chi connectivity index (χ1) is 10.2. The molecule has 1 heterocycles. The van der Waals surface area contributed by atoms with Crippen LogP contribution in [0.4, 0.5) is 5.69 Å². The van der Waals surface area contributed by atoms with Crippen LogP contribution in [0.3, 0.4) is 0 Å². The Morgan fingerprint density at radius 1 is 1.19 bits per heavy atom. The highest BCUT2D eigenvalue weighted by atomic mass is 16.1. The Labute approximate surface area is 125 Å². The monoisotopic (exact) mass is 280 g/mol. The maximum Gasteiger partial charge on any atom is 0.228 e. The Balaban J connectivity index is 1.69. The number of amides is 1. The molecule has 1 amide bonds. The van der Waals surface area contributed by atoms with Gasteiger partial charge in [-0.1, -0.05) is 30.3 Å². The van der Waals surface area contributed by atoms with Gasteiger partial charge in [0.05, 0.1) is 6.42 Å². The van der Waals surface area contributed by atoms with E-state index in [0.29, 0.717) is 6.42 Å². The molecule has 0 atom stereocenters. The van der Waals surface area contributed by atoms with E-state index in [-0.39, 0.29) is 5.91 Å². The van der Waals surface area contributed by atoms with Gasteiger partial charge in [0, 0.05) is 12.2 Å². The van der Waals surface area contributed by atoms with E-state index in [4.69, 9.17) is 0 Å². The summed E-state index contributed by atoms with van der Waals surface area (Å²) >= 11 is 0. The van der Waals surface area contributed by atoms with Crippen molar-refractivity contribution in [1.29, 1.82) is 0 Å². The molecule has 0 saturated heterocycles. The van der Waals surface area contributed by atoms with Gasteiger partial charge in [-0.25, -0.2) is 0 Å². The van der Waals surface area contributed by atoms with Gasteiger partial charge in [0.25, 0.3) is 0 Å². The highest BCUT2D eigenvalue weighted by Crippen LogP contribution is 2.19. The molecule has 0 unspecified atom stereocenters. The Hall–Kier alpha value is -2.13. The second kappa shape index (κ2) is 6.10. The van der Waals surface area contributed by atoms with E-state index in [2.05, 4.69) is 22.8 Å². The number of anilines is 1. The maximum atomic E-state index is 12.2. The Bertz CT molecular complexity index is 664. The first-order valence-corrected chi connectivity index (χ1v) is 7.39. The topological polar surface area (TPSA) is 41.1 Å². The molecule has 1 aliphatic rings. The number of rotatable bonds is 3. The Morgan fingerprint density at radius 2 is 2.05 bits per heavy atom. The van der Waals surface area contributed by atoms with Crippen LogP contribution in [0.25, 0.3) is 0 Å². The number of carbonyl (C=O) groups excluding carboxylic acids is 1. The molecule has 0 aliphatic carbocycles. The molecule has 21 heavy (non-hydrogen) atoms. The molecule has 0 aromatic heterocycles. The largest absolute Gasteiger partial charge is 0.326 e. The summed E-state index contributed by atoms with van der Waals surface area (Å²) in [4.78, 5) is 12.2. The van der Waals surface area contributed by atoms with Crippen LogP contribution in [0.2, 0.25) is 0 Å². The number of benzene rings is 2. The molecule has 1 aliphatic heterocycles. The van der Waals surface area contributed by atoms with Gasteiger partial charge in [-0.2, -0.15) is 0 Å². The number of carbonyl (C=O) groups is 1. The van der Waals surface area contributed by atoms with Crippen LogP contribution < -0.4 is 10.6 Å². The van der Waals surface area contributed by atoms with Crippen LogP contribution in [0.5, 0.6) is 0 Å². The summed E-state index contributed by atoms with van der Waals surface area (Å²) in [5.41, 5.74) is 5.79. The lowest BCUT2D eigenvalue weighted by atomic mass is 10.0. The van der Waals surface area contributed by atoms with Gasteiger partial charge in [-0.05, 0) is 54.3 Å². The zero-order chi connectivity index (χ0) is 14.7. The average molecular weight is 280 g/mol. The van der Waals surface area contributed by atoms with Crippen LogP contribution in [-0.4, -0.2) is 12.5 Å². The van der Waals surface area contributed by atoms with E-state index in [9.17, 15) is 4.79 Å². The van der Waals surface area contributed by atoms with Crippen LogP contribution in [0.15, 0.2) is 42.5 Å². The molecular formula is C18H20N2O. The zero-order valence-corrected chi connectivity index (χ0v) is 12.3. The summed E-state index contributed by atoms with van der Waals surface area (Å²) in [6, 6.07) is 14.2. The summed E-state index contributed by atoms with van der Waals surface area (Å²) < 4.78 is 0. The predicted molar refractivity (Wildman–Crippen MR) is 85.4 cm³/mol. The average Bonchev–Trinajstić information content (AvgIpc) is 2.49. The molecule has 0 bridgehead atoms. The normalized spacial score (nSPS) is 13.6. The fraction of sp³-hybridized carbons (Fsp3) is 0.278. The smallest absolute Gasteiger partial charge is 0.228 e. The fourth-order valence-electron chi connectivity index (χ4n) is 2.74. The van der Waals surface area contributed by atoms with Crippen molar-refractivity contribution >= 4 is 11.6 Å². The number of hydrogen-bond donors (Lipinski definition) is 2. The Kier molecular flexibility index (Phi) is 4.02. The molecule has 3 heteroatoms. The zero-order valence-electron chi connectivity index (χ0n) is 12.3. The molecule has 0 saturated carbocycles. The van der Waals surface area contributed by atoms with Gasteiger partial charge in [0.15, 0.2) is 0 Å². The minimum absolute atomic E-state index is 0.0352. The first kappa shape index (κ1) is 13.8. The van der Waals surface area contributed by atoms with Gasteiger partial charge in [0.2, 0.25) is 5.91 Å². The molecule has 0 fully saturated rings. The van der Waals surface area contributed by atoms with Gasteiger partial charge in [0.1, 0.15) is 0 Å². The maximum absolute atomic E-state index is 12.2. The second-order valence-electron chi connectivity index (χ2n) is 5.56. The van der Waals surface area contributed by atoms with Crippen LogP contribution in [0.1, 0.15) is 22.3 Å². The lowest BCUT2D eigenvalue weighted by Crippen LogP contribution is -2.24. The quantitative estimate of drug-likeness (QED) is 0.907. The van der Waals surface area contributed by atoms with Gasteiger partial charge in [-0.15, -0.1) is 0 Å². The van der Waals surface area contributed by atoms with E-state index in [1.807, 2.05) is 37.3 Å². The summed E-state index contributed by atoms with van der Waals surface area (Å²) in [5.74, 6) is 0.0352. The van der Waals surface area contributed by atoms with Crippen LogP contribution >= 0.6 is 0 Å². The lowest BCUT2D eigenvalue weighted by molar-refractivity contribution is -0.115. The summed E-state index contributed by atoms with van der Waals surface area (Å²) in [6.45, 7) is 3.95. The minimum atomic E-state index is 0.0352. The van der Waals surface area contributed by atoms with E-state index < -0.39 is 0 Å². The van der Waals surface area contributed by atoms with Crippen LogP contribution in [0, 0.1) is 6.92 Å². The summed E-state index contributed by atoms with van der Waals surface area (Å²) in [5, 5.41) is 6.36. The van der Waals surface area contributed by atoms with Crippen LogP contribution in [-0.2, 0) is 24.2 Å². The number of fused-ring (bicyclic) bond motifs is 1. The third-order valence-electron chi connectivity index (χ3n) is 3.99. The summed E-state index contributed by atoms with van der Waals surface area (Å²) in [7, 11) is 0. The molecule has 3 nitrogen and oxygen atoms in total. The van der Waals surface area contributed by atoms with Gasteiger partial charge < -0.3 is 10.6 Å². The Morgan fingerprint density at radius 3 is 2.90 bits per heavy atom. The van der Waals surface area contributed by atoms with Crippen molar-refractivity contribution < 1.29 is 4.79 Å².